The van der Waals surface area contributed by atoms with Crippen molar-refractivity contribution in [2.24, 2.45) is 0 Å². The molecule has 0 aliphatic heterocycles. The number of hydrogen-bond donors (Lipinski definition) is 1. The van der Waals surface area contributed by atoms with Gasteiger partial charge in [-0.1, -0.05) is 34.1 Å². The molecule has 3 heteroatoms. The van der Waals surface area contributed by atoms with Crippen LogP contribution in [-0.2, 0) is 6.54 Å². The third-order valence-corrected chi connectivity index (χ3v) is 3.88. The van der Waals surface area contributed by atoms with Gasteiger partial charge in [-0.15, -0.1) is 11.3 Å². The number of rotatable bonds is 3. The van der Waals surface area contributed by atoms with E-state index in [-0.39, 0.29) is 0 Å². The minimum absolute atomic E-state index is 0.932. The van der Waals surface area contributed by atoms with E-state index in [2.05, 4.69) is 50.9 Å². The lowest BCUT2D eigenvalue weighted by Gasteiger charge is -1.99. The van der Waals surface area contributed by atoms with Gasteiger partial charge in [0, 0.05) is 21.5 Å². The van der Waals surface area contributed by atoms with Crippen LogP contribution in [0.4, 0.5) is 0 Å². The number of halogens is 1. The van der Waals surface area contributed by atoms with Crippen LogP contribution in [0.1, 0.15) is 5.56 Å². The molecule has 1 N–H and O–H groups in total. The molecule has 15 heavy (non-hydrogen) atoms. The molecule has 0 atom stereocenters. The van der Waals surface area contributed by atoms with Gasteiger partial charge in [0.1, 0.15) is 0 Å². The van der Waals surface area contributed by atoms with E-state index in [0.717, 1.165) is 11.0 Å². The molecule has 0 aliphatic rings. The first kappa shape index (κ1) is 10.9. The summed E-state index contributed by atoms with van der Waals surface area (Å²) in [6, 6.07) is 10.6. The van der Waals surface area contributed by atoms with Gasteiger partial charge in [-0.25, -0.2) is 0 Å². The highest BCUT2D eigenvalue weighted by molar-refractivity contribution is 9.10. The van der Waals surface area contributed by atoms with Crippen LogP contribution in [0.25, 0.3) is 10.4 Å². The van der Waals surface area contributed by atoms with Crippen LogP contribution in [0.15, 0.2) is 40.2 Å². The SMILES string of the molecule is CNCc1csc(-c2ccccc2Br)c1. The fraction of sp³-hybridized carbons (Fsp3) is 0.167. The number of hydrogen-bond acceptors (Lipinski definition) is 2. The fourth-order valence-electron chi connectivity index (χ4n) is 1.47. The molecule has 0 unspecified atom stereocenters. The Hall–Kier alpha value is -0.640. The Morgan fingerprint density at radius 3 is 2.87 bits per heavy atom. The second-order valence-electron chi connectivity index (χ2n) is 3.33. The lowest BCUT2D eigenvalue weighted by atomic mass is 10.2. The zero-order valence-corrected chi connectivity index (χ0v) is 10.9. The fourth-order valence-corrected chi connectivity index (χ4v) is 3.06. The molecule has 2 aromatic rings. The van der Waals surface area contributed by atoms with Gasteiger partial charge in [0.2, 0.25) is 0 Å². The molecule has 1 aromatic carbocycles. The summed E-state index contributed by atoms with van der Waals surface area (Å²) in [7, 11) is 1.97. The van der Waals surface area contributed by atoms with Crippen LogP contribution >= 0.6 is 27.3 Å². The van der Waals surface area contributed by atoms with E-state index in [9.17, 15) is 0 Å². The standard InChI is InChI=1S/C12H12BrNS/c1-14-7-9-6-12(15-8-9)10-4-2-3-5-11(10)13/h2-6,8,14H,7H2,1H3. The van der Waals surface area contributed by atoms with E-state index in [1.165, 1.54) is 16.0 Å². The van der Waals surface area contributed by atoms with Crippen molar-refractivity contribution < 1.29 is 0 Å². The topological polar surface area (TPSA) is 12.0 Å². The maximum atomic E-state index is 3.57. The van der Waals surface area contributed by atoms with Gasteiger partial charge in [0.15, 0.2) is 0 Å². The van der Waals surface area contributed by atoms with E-state index >= 15 is 0 Å². The van der Waals surface area contributed by atoms with Gasteiger partial charge >= 0.3 is 0 Å². The molecule has 0 bridgehead atoms. The summed E-state index contributed by atoms with van der Waals surface area (Å²) in [4.78, 5) is 1.31. The van der Waals surface area contributed by atoms with Crippen molar-refractivity contribution in [1.29, 1.82) is 0 Å². The van der Waals surface area contributed by atoms with Crippen LogP contribution < -0.4 is 5.32 Å². The Morgan fingerprint density at radius 2 is 2.13 bits per heavy atom. The third kappa shape index (κ3) is 2.48. The molecule has 0 saturated heterocycles. The maximum absolute atomic E-state index is 3.57. The van der Waals surface area contributed by atoms with E-state index in [4.69, 9.17) is 0 Å². The van der Waals surface area contributed by atoms with Crippen molar-refractivity contribution in [3.8, 4) is 10.4 Å². The van der Waals surface area contributed by atoms with Crippen LogP contribution in [0.3, 0.4) is 0 Å². The summed E-state index contributed by atoms with van der Waals surface area (Å²) in [5.74, 6) is 0. The molecule has 2 rings (SSSR count). The molecular weight excluding hydrogens is 270 g/mol. The molecule has 1 aromatic heterocycles. The Kier molecular flexibility index (Phi) is 3.57. The molecule has 0 aliphatic carbocycles. The lowest BCUT2D eigenvalue weighted by Crippen LogP contribution is -2.03. The average Bonchev–Trinajstić information content (AvgIpc) is 2.68. The first-order valence-corrected chi connectivity index (χ1v) is 6.45. The number of benzene rings is 1. The van der Waals surface area contributed by atoms with Crippen molar-refractivity contribution >= 4 is 27.3 Å². The van der Waals surface area contributed by atoms with E-state index in [0.29, 0.717) is 0 Å². The van der Waals surface area contributed by atoms with Crippen LogP contribution in [0, 0.1) is 0 Å². The summed E-state index contributed by atoms with van der Waals surface area (Å²) in [5, 5.41) is 5.36. The van der Waals surface area contributed by atoms with Crippen LogP contribution in [0.2, 0.25) is 0 Å². The first-order valence-electron chi connectivity index (χ1n) is 4.78. The molecule has 0 fully saturated rings. The van der Waals surface area contributed by atoms with Crippen molar-refractivity contribution in [2.75, 3.05) is 7.05 Å². The third-order valence-electron chi connectivity index (χ3n) is 2.17. The highest BCUT2D eigenvalue weighted by atomic mass is 79.9. The molecule has 0 radical (unpaired) electrons. The smallest absolute Gasteiger partial charge is 0.0357 e. The highest BCUT2D eigenvalue weighted by Crippen LogP contribution is 2.32. The second kappa shape index (κ2) is 4.92. The normalized spacial score (nSPS) is 10.5. The predicted molar refractivity (Wildman–Crippen MR) is 70.2 cm³/mol. The number of thiophene rings is 1. The van der Waals surface area contributed by atoms with Gasteiger partial charge in [-0.05, 0) is 30.1 Å². The number of nitrogens with one attached hydrogen (secondary N) is 1. The van der Waals surface area contributed by atoms with Crippen molar-refractivity contribution in [3.05, 3.63) is 45.7 Å². The Morgan fingerprint density at radius 1 is 1.33 bits per heavy atom. The minimum Gasteiger partial charge on any atom is -0.316 e. The van der Waals surface area contributed by atoms with Gasteiger partial charge in [-0.2, -0.15) is 0 Å². The van der Waals surface area contributed by atoms with Crippen molar-refractivity contribution in [1.82, 2.24) is 5.32 Å². The Bertz CT molecular complexity index is 450. The van der Waals surface area contributed by atoms with E-state index < -0.39 is 0 Å². The lowest BCUT2D eigenvalue weighted by molar-refractivity contribution is 0.821. The van der Waals surface area contributed by atoms with Gasteiger partial charge in [-0.3, -0.25) is 0 Å². The van der Waals surface area contributed by atoms with Gasteiger partial charge in [0.25, 0.3) is 0 Å². The van der Waals surface area contributed by atoms with Gasteiger partial charge < -0.3 is 5.32 Å². The summed E-state index contributed by atoms with van der Waals surface area (Å²) < 4.78 is 1.16. The molecule has 1 heterocycles. The van der Waals surface area contributed by atoms with Crippen molar-refractivity contribution in [3.63, 3.8) is 0 Å². The van der Waals surface area contributed by atoms with Gasteiger partial charge in [0.05, 0.1) is 0 Å². The Labute approximate surface area is 102 Å². The second-order valence-corrected chi connectivity index (χ2v) is 5.09. The van der Waals surface area contributed by atoms with Crippen LogP contribution in [0.5, 0.6) is 0 Å². The molecule has 0 saturated carbocycles. The molecule has 0 spiro atoms. The summed E-state index contributed by atoms with van der Waals surface area (Å²) >= 11 is 5.36. The predicted octanol–water partition coefficient (Wildman–Crippen LogP) is 3.90. The molecule has 1 nitrogen and oxygen atoms in total. The Balaban J connectivity index is 2.33. The van der Waals surface area contributed by atoms with Crippen LogP contribution in [-0.4, -0.2) is 7.05 Å². The summed E-state index contributed by atoms with van der Waals surface area (Å²) in [5.41, 5.74) is 2.61. The molecule has 78 valence electrons. The van der Waals surface area contributed by atoms with E-state index in [1.54, 1.807) is 11.3 Å². The first-order chi connectivity index (χ1) is 7.31. The largest absolute Gasteiger partial charge is 0.316 e. The zero-order chi connectivity index (χ0) is 10.7. The summed E-state index contributed by atoms with van der Waals surface area (Å²) in [6.07, 6.45) is 0. The quantitative estimate of drug-likeness (QED) is 0.900. The molecule has 0 amide bonds. The van der Waals surface area contributed by atoms with Crippen molar-refractivity contribution in [2.45, 2.75) is 6.54 Å². The maximum Gasteiger partial charge on any atom is 0.0357 e. The summed E-state index contributed by atoms with van der Waals surface area (Å²) in [6.45, 7) is 0.932. The van der Waals surface area contributed by atoms with E-state index in [1.807, 2.05) is 13.1 Å². The highest BCUT2D eigenvalue weighted by Gasteiger charge is 2.04. The monoisotopic (exact) mass is 281 g/mol. The minimum atomic E-state index is 0.932. The molecular formula is C12H12BrNS. The average molecular weight is 282 g/mol. The zero-order valence-electron chi connectivity index (χ0n) is 8.46.